The van der Waals surface area contributed by atoms with E-state index in [1.165, 1.54) is 19.2 Å². The van der Waals surface area contributed by atoms with Gasteiger partial charge in [0.1, 0.15) is 0 Å². The van der Waals surface area contributed by atoms with Crippen LogP contribution in [0.2, 0.25) is 5.02 Å². The highest BCUT2D eigenvalue weighted by Crippen LogP contribution is 2.35. The Kier molecular flexibility index (Phi) is 6.50. The molecule has 0 atom stereocenters. The zero-order valence-corrected chi connectivity index (χ0v) is 12.0. The maximum atomic E-state index is 11.8. The smallest absolute Gasteiger partial charge is 0.338 e. The monoisotopic (exact) mass is 286 g/mol. The Labute approximate surface area is 118 Å². The quantitative estimate of drug-likeness (QED) is 0.612. The number of rotatable bonds is 7. The molecule has 0 radical (unpaired) electrons. The topological polar surface area (TPSA) is 55.8 Å². The molecule has 106 valence electrons. The van der Waals surface area contributed by atoms with Crippen LogP contribution in [-0.4, -0.2) is 24.8 Å². The summed E-state index contributed by atoms with van der Waals surface area (Å²) in [5.41, 5.74) is 0.273. The van der Waals surface area contributed by atoms with Gasteiger partial charge in [0.05, 0.1) is 24.3 Å². The van der Waals surface area contributed by atoms with E-state index in [0.717, 1.165) is 25.7 Å². The molecular weight excluding hydrogens is 268 g/mol. The van der Waals surface area contributed by atoms with Crippen LogP contribution in [0.5, 0.6) is 11.5 Å². The third kappa shape index (κ3) is 4.63. The predicted octanol–water partition coefficient (Wildman–Crippen LogP) is 3.79. The highest BCUT2D eigenvalue weighted by Gasteiger charge is 2.14. The summed E-state index contributed by atoms with van der Waals surface area (Å²) in [6.45, 7) is 2.51. The summed E-state index contributed by atoms with van der Waals surface area (Å²) in [5.74, 6) is -0.481. The number of esters is 1. The summed E-state index contributed by atoms with van der Waals surface area (Å²) in [4.78, 5) is 11.8. The summed E-state index contributed by atoms with van der Waals surface area (Å²) >= 11 is 5.81. The van der Waals surface area contributed by atoms with Gasteiger partial charge in [-0.1, -0.05) is 37.8 Å². The van der Waals surface area contributed by atoms with Gasteiger partial charge in [-0.05, 0) is 18.6 Å². The van der Waals surface area contributed by atoms with E-state index in [0.29, 0.717) is 6.61 Å². The van der Waals surface area contributed by atoms with Gasteiger partial charge in [-0.3, -0.25) is 0 Å². The largest absolute Gasteiger partial charge is 0.503 e. The van der Waals surface area contributed by atoms with Crippen LogP contribution in [0, 0.1) is 0 Å². The van der Waals surface area contributed by atoms with Gasteiger partial charge < -0.3 is 14.6 Å². The predicted molar refractivity (Wildman–Crippen MR) is 74.1 cm³/mol. The minimum Gasteiger partial charge on any atom is -0.503 e. The van der Waals surface area contributed by atoms with Crippen molar-refractivity contribution in [3.8, 4) is 11.5 Å². The molecule has 0 aliphatic heterocycles. The van der Waals surface area contributed by atoms with Gasteiger partial charge in [0.25, 0.3) is 0 Å². The van der Waals surface area contributed by atoms with Crippen molar-refractivity contribution in [2.75, 3.05) is 13.7 Å². The van der Waals surface area contributed by atoms with Crippen molar-refractivity contribution in [2.45, 2.75) is 32.6 Å². The zero-order chi connectivity index (χ0) is 14.3. The van der Waals surface area contributed by atoms with Crippen LogP contribution < -0.4 is 4.74 Å². The van der Waals surface area contributed by atoms with Crippen LogP contribution in [0.25, 0.3) is 0 Å². The molecule has 0 bridgehead atoms. The van der Waals surface area contributed by atoms with Crippen molar-refractivity contribution in [3.63, 3.8) is 0 Å². The van der Waals surface area contributed by atoms with Crippen LogP contribution in [0.1, 0.15) is 43.0 Å². The number of hydrogen-bond donors (Lipinski definition) is 1. The minimum absolute atomic E-state index is 0.0669. The molecule has 1 aromatic rings. The number of phenolic OH excluding ortho intramolecular Hbond substituents is 1. The van der Waals surface area contributed by atoms with E-state index in [1.807, 2.05) is 0 Å². The average molecular weight is 287 g/mol. The van der Waals surface area contributed by atoms with Crippen LogP contribution in [0.3, 0.4) is 0 Å². The Bertz CT molecular complexity index is 432. The molecule has 0 aliphatic carbocycles. The zero-order valence-electron chi connectivity index (χ0n) is 11.2. The van der Waals surface area contributed by atoms with Gasteiger partial charge in [0, 0.05) is 0 Å². The van der Waals surface area contributed by atoms with Crippen LogP contribution >= 0.6 is 11.6 Å². The van der Waals surface area contributed by atoms with Gasteiger partial charge in [-0.2, -0.15) is 0 Å². The van der Waals surface area contributed by atoms with Crippen molar-refractivity contribution in [1.82, 2.24) is 0 Å². The van der Waals surface area contributed by atoms with E-state index in [-0.39, 0.29) is 22.1 Å². The van der Waals surface area contributed by atoms with E-state index < -0.39 is 5.97 Å². The summed E-state index contributed by atoms with van der Waals surface area (Å²) < 4.78 is 10.1. The molecule has 5 heteroatoms. The molecule has 0 saturated heterocycles. The van der Waals surface area contributed by atoms with Gasteiger partial charge in [0.15, 0.2) is 11.5 Å². The van der Waals surface area contributed by atoms with E-state index in [2.05, 4.69) is 6.92 Å². The summed E-state index contributed by atoms with van der Waals surface area (Å²) in [5, 5.41) is 9.63. The van der Waals surface area contributed by atoms with Crippen LogP contribution in [0.4, 0.5) is 0 Å². The molecule has 0 aliphatic rings. The minimum atomic E-state index is -0.461. The van der Waals surface area contributed by atoms with Crippen molar-refractivity contribution in [3.05, 3.63) is 22.7 Å². The number of ether oxygens (including phenoxy) is 2. The molecular formula is C14H19ClO4. The van der Waals surface area contributed by atoms with Crippen LogP contribution in [0.15, 0.2) is 12.1 Å². The van der Waals surface area contributed by atoms with Gasteiger partial charge >= 0.3 is 5.97 Å². The molecule has 0 fully saturated rings. The number of halogens is 1. The maximum Gasteiger partial charge on any atom is 0.338 e. The fourth-order valence-corrected chi connectivity index (χ4v) is 1.84. The first-order valence-electron chi connectivity index (χ1n) is 6.33. The van der Waals surface area contributed by atoms with Crippen LogP contribution in [-0.2, 0) is 4.74 Å². The highest BCUT2D eigenvalue weighted by atomic mass is 35.5. The third-order valence-electron chi connectivity index (χ3n) is 2.72. The number of unbranched alkanes of at least 4 members (excludes halogenated alkanes) is 3. The Morgan fingerprint density at radius 3 is 2.68 bits per heavy atom. The van der Waals surface area contributed by atoms with E-state index in [4.69, 9.17) is 21.1 Å². The second kappa shape index (κ2) is 7.89. The molecule has 0 amide bonds. The SMILES string of the molecule is CCCCCCOC(=O)c1cc(Cl)c(O)c(OC)c1. The van der Waals surface area contributed by atoms with E-state index in [9.17, 15) is 9.90 Å². The lowest BCUT2D eigenvalue weighted by Crippen LogP contribution is -2.07. The Hall–Kier alpha value is -1.42. The van der Waals surface area contributed by atoms with Crippen molar-refractivity contribution < 1.29 is 19.4 Å². The Morgan fingerprint density at radius 2 is 2.05 bits per heavy atom. The molecule has 0 unspecified atom stereocenters. The fraction of sp³-hybridized carbons (Fsp3) is 0.500. The molecule has 19 heavy (non-hydrogen) atoms. The third-order valence-corrected chi connectivity index (χ3v) is 3.00. The molecule has 1 rings (SSSR count). The normalized spacial score (nSPS) is 10.3. The second-order valence-electron chi connectivity index (χ2n) is 4.21. The number of methoxy groups -OCH3 is 1. The first kappa shape index (κ1) is 15.6. The fourth-order valence-electron chi connectivity index (χ4n) is 1.62. The van der Waals surface area contributed by atoms with Gasteiger partial charge in [-0.25, -0.2) is 4.79 Å². The number of carbonyl (C=O) groups is 1. The first-order chi connectivity index (χ1) is 9.10. The Balaban J connectivity index is 2.59. The lowest BCUT2D eigenvalue weighted by Gasteiger charge is -2.09. The maximum absolute atomic E-state index is 11.8. The molecule has 0 aromatic heterocycles. The first-order valence-corrected chi connectivity index (χ1v) is 6.71. The molecule has 4 nitrogen and oxygen atoms in total. The lowest BCUT2D eigenvalue weighted by molar-refractivity contribution is 0.0497. The number of hydrogen-bond acceptors (Lipinski definition) is 4. The number of phenols is 1. The average Bonchev–Trinajstić information content (AvgIpc) is 2.41. The summed E-state index contributed by atoms with van der Waals surface area (Å²) in [6, 6.07) is 2.78. The molecule has 1 N–H and O–H groups in total. The number of benzene rings is 1. The van der Waals surface area contributed by atoms with Crippen molar-refractivity contribution >= 4 is 17.6 Å². The summed E-state index contributed by atoms with van der Waals surface area (Å²) in [7, 11) is 1.39. The highest BCUT2D eigenvalue weighted by molar-refractivity contribution is 6.32. The standard InChI is InChI=1S/C14H19ClO4/c1-3-4-5-6-7-19-14(17)10-8-11(15)13(16)12(9-10)18-2/h8-9,16H,3-7H2,1-2H3. The molecule has 0 saturated carbocycles. The lowest BCUT2D eigenvalue weighted by atomic mass is 10.2. The number of carbonyl (C=O) groups excluding carboxylic acids is 1. The van der Waals surface area contributed by atoms with Crippen molar-refractivity contribution in [1.29, 1.82) is 0 Å². The molecule has 0 heterocycles. The number of aromatic hydroxyl groups is 1. The van der Waals surface area contributed by atoms with Gasteiger partial charge in [0.2, 0.25) is 0 Å². The van der Waals surface area contributed by atoms with E-state index in [1.54, 1.807) is 0 Å². The summed E-state index contributed by atoms with van der Waals surface area (Å²) in [6.07, 6.45) is 4.17. The molecule has 0 spiro atoms. The second-order valence-corrected chi connectivity index (χ2v) is 4.61. The van der Waals surface area contributed by atoms with Gasteiger partial charge in [-0.15, -0.1) is 0 Å². The Morgan fingerprint density at radius 1 is 1.32 bits per heavy atom. The molecule has 1 aromatic carbocycles. The van der Waals surface area contributed by atoms with E-state index >= 15 is 0 Å². The van der Waals surface area contributed by atoms with Crippen molar-refractivity contribution in [2.24, 2.45) is 0 Å².